The largest absolute Gasteiger partial charge is 0.469 e. The summed E-state index contributed by atoms with van der Waals surface area (Å²) < 4.78 is 17.7. The molecule has 1 aromatic rings. The number of carbonyl (C=O) groups is 1. The Morgan fingerprint density at radius 2 is 2.17 bits per heavy atom. The van der Waals surface area contributed by atoms with Crippen LogP contribution in [0, 0.1) is 5.82 Å². The van der Waals surface area contributed by atoms with Gasteiger partial charge < -0.3 is 15.4 Å². The molecule has 0 aromatic heterocycles. The van der Waals surface area contributed by atoms with Crippen molar-refractivity contribution in [1.82, 2.24) is 4.90 Å². The number of hydrogen-bond acceptors (Lipinski definition) is 4. The Morgan fingerprint density at radius 3 is 2.78 bits per heavy atom. The molecular formula is C13H19FN2O2. The highest BCUT2D eigenvalue weighted by molar-refractivity contribution is 5.69. The normalized spacial score (nSPS) is 10.7. The van der Waals surface area contributed by atoms with Crippen molar-refractivity contribution in [1.29, 1.82) is 0 Å². The van der Waals surface area contributed by atoms with Crippen molar-refractivity contribution in [3.8, 4) is 0 Å². The molecule has 0 radical (unpaired) electrons. The van der Waals surface area contributed by atoms with E-state index in [-0.39, 0.29) is 11.8 Å². The Kier molecular flexibility index (Phi) is 5.74. The summed E-state index contributed by atoms with van der Waals surface area (Å²) in [6, 6.07) is 4.58. The first-order valence-electron chi connectivity index (χ1n) is 5.79. The third-order valence-electron chi connectivity index (χ3n) is 2.75. The highest BCUT2D eigenvalue weighted by Gasteiger charge is 2.08. The number of benzene rings is 1. The fourth-order valence-electron chi connectivity index (χ4n) is 1.69. The Balaban J connectivity index is 2.60. The standard InChI is InChI=1S/C13H19FN2O2/c1-16(6-5-13(17)18-2)9-11-7-12(14)4-3-10(11)8-15/h3-4,7H,5-6,8-9,15H2,1-2H3. The molecule has 100 valence electrons. The molecule has 0 amide bonds. The topological polar surface area (TPSA) is 55.6 Å². The van der Waals surface area contributed by atoms with Crippen LogP contribution >= 0.6 is 0 Å². The van der Waals surface area contributed by atoms with Gasteiger partial charge in [-0.1, -0.05) is 6.07 Å². The second kappa shape index (κ2) is 7.08. The van der Waals surface area contributed by atoms with E-state index in [2.05, 4.69) is 4.74 Å². The van der Waals surface area contributed by atoms with E-state index in [0.29, 0.717) is 26.1 Å². The molecule has 0 saturated carbocycles. The molecule has 0 aliphatic carbocycles. The maximum Gasteiger partial charge on any atom is 0.306 e. The van der Waals surface area contributed by atoms with E-state index in [1.165, 1.54) is 19.2 Å². The summed E-state index contributed by atoms with van der Waals surface area (Å²) in [5, 5.41) is 0. The quantitative estimate of drug-likeness (QED) is 0.777. The first kappa shape index (κ1) is 14.6. The molecule has 1 rings (SSSR count). The number of esters is 1. The SMILES string of the molecule is COC(=O)CCN(C)Cc1cc(F)ccc1CN. The molecule has 0 spiro atoms. The molecule has 0 bridgehead atoms. The summed E-state index contributed by atoms with van der Waals surface area (Å²) in [6.45, 7) is 1.49. The molecule has 0 atom stereocenters. The molecule has 5 heteroatoms. The Bertz CT molecular complexity index is 410. The van der Waals surface area contributed by atoms with Crippen molar-refractivity contribution in [3.05, 3.63) is 35.1 Å². The van der Waals surface area contributed by atoms with Crippen molar-refractivity contribution in [3.63, 3.8) is 0 Å². The lowest BCUT2D eigenvalue weighted by Crippen LogP contribution is -2.23. The molecule has 0 aliphatic heterocycles. The summed E-state index contributed by atoms with van der Waals surface area (Å²) in [7, 11) is 3.23. The Labute approximate surface area is 107 Å². The van der Waals surface area contributed by atoms with Crippen LogP contribution in [0.4, 0.5) is 4.39 Å². The van der Waals surface area contributed by atoms with Crippen molar-refractivity contribution in [2.24, 2.45) is 5.73 Å². The van der Waals surface area contributed by atoms with Crippen LogP contribution in [0.25, 0.3) is 0 Å². The van der Waals surface area contributed by atoms with Crippen LogP contribution in [-0.2, 0) is 22.6 Å². The minimum Gasteiger partial charge on any atom is -0.469 e. The third kappa shape index (κ3) is 4.43. The van der Waals surface area contributed by atoms with Gasteiger partial charge in [-0.05, 0) is 30.3 Å². The number of methoxy groups -OCH3 is 1. The number of halogens is 1. The van der Waals surface area contributed by atoms with Crippen LogP contribution in [0.1, 0.15) is 17.5 Å². The van der Waals surface area contributed by atoms with E-state index >= 15 is 0 Å². The lowest BCUT2D eigenvalue weighted by atomic mass is 10.1. The molecule has 4 nitrogen and oxygen atoms in total. The van der Waals surface area contributed by atoms with Gasteiger partial charge in [0.15, 0.2) is 0 Å². The smallest absolute Gasteiger partial charge is 0.306 e. The van der Waals surface area contributed by atoms with E-state index in [9.17, 15) is 9.18 Å². The zero-order chi connectivity index (χ0) is 13.5. The van der Waals surface area contributed by atoms with E-state index in [4.69, 9.17) is 5.73 Å². The van der Waals surface area contributed by atoms with Gasteiger partial charge >= 0.3 is 5.97 Å². The second-order valence-electron chi connectivity index (χ2n) is 4.18. The minimum absolute atomic E-state index is 0.250. The van der Waals surface area contributed by atoms with Gasteiger partial charge in [-0.3, -0.25) is 4.79 Å². The molecule has 0 aliphatic rings. The maximum absolute atomic E-state index is 13.2. The van der Waals surface area contributed by atoms with Gasteiger partial charge in [-0.15, -0.1) is 0 Å². The van der Waals surface area contributed by atoms with Crippen LogP contribution in [0.3, 0.4) is 0 Å². The predicted octanol–water partition coefficient (Wildman–Crippen LogP) is 1.28. The van der Waals surface area contributed by atoms with Crippen molar-refractivity contribution >= 4 is 5.97 Å². The monoisotopic (exact) mass is 254 g/mol. The predicted molar refractivity (Wildman–Crippen MR) is 67.3 cm³/mol. The Hall–Kier alpha value is -1.46. The molecule has 2 N–H and O–H groups in total. The molecular weight excluding hydrogens is 235 g/mol. The average Bonchev–Trinajstić information content (AvgIpc) is 2.36. The number of nitrogens with zero attached hydrogens (tertiary/aromatic N) is 1. The highest BCUT2D eigenvalue weighted by Crippen LogP contribution is 2.13. The highest BCUT2D eigenvalue weighted by atomic mass is 19.1. The number of ether oxygens (including phenoxy) is 1. The van der Waals surface area contributed by atoms with E-state index < -0.39 is 0 Å². The fraction of sp³-hybridized carbons (Fsp3) is 0.462. The third-order valence-corrected chi connectivity index (χ3v) is 2.75. The molecule has 18 heavy (non-hydrogen) atoms. The summed E-state index contributed by atoms with van der Waals surface area (Å²) in [5.41, 5.74) is 7.37. The van der Waals surface area contributed by atoms with E-state index in [1.807, 2.05) is 11.9 Å². The van der Waals surface area contributed by atoms with E-state index in [1.54, 1.807) is 6.07 Å². The van der Waals surface area contributed by atoms with Gasteiger partial charge in [-0.25, -0.2) is 4.39 Å². The van der Waals surface area contributed by atoms with Crippen molar-refractivity contribution in [2.45, 2.75) is 19.5 Å². The average molecular weight is 254 g/mol. The summed E-state index contributed by atoms with van der Waals surface area (Å²) in [4.78, 5) is 13.0. The van der Waals surface area contributed by atoms with Crippen molar-refractivity contribution in [2.75, 3.05) is 20.7 Å². The lowest BCUT2D eigenvalue weighted by molar-refractivity contribution is -0.140. The first-order valence-corrected chi connectivity index (χ1v) is 5.79. The number of rotatable bonds is 6. The van der Waals surface area contributed by atoms with Crippen LogP contribution in [0.5, 0.6) is 0 Å². The molecule has 0 fully saturated rings. The maximum atomic E-state index is 13.2. The van der Waals surface area contributed by atoms with Gasteiger partial charge in [-0.2, -0.15) is 0 Å². The van der Waals surface area contributed by atoms with Crippen LogP contribution in [0.2, 0.25) is 0 Å². The van der Waals surface area contributed by atoms with Gasteiger partial charge in [0, 0.05) is 19.6 Å². The minimum atomic E-state index is -0.274. The first-order chi connectivity index (χ1) is 8.56. The van der Waals surface area contributed by atoms with Crippen LogP contribution in [-0.4, -0.2) is 31.6 Å². The zero-order valence-corrected chi connectivity index (χ0v) is 10.8. The summed E-state index contributed by atoms with van der Waals surface area (Å²) in [5.74, 6) is -0.524. The zero-order valence-electron chi connectivity index (χ0n) is 10.8. The van der Waals surface area contributed by atoms with Crippen LogP contribution in [0.15, 0.2) is 18.2 Å². The van der Waals surface area contributed by atoms with Crippen molar-refractivity contribution < 1.29 is 13.9 Å². The summed E-state index contributed by atoms with van der Waals surface area (Å²) >= 11 is 0. The van der Waals surface area contributed by atoms with E-state index in [0.717, 1.165) is 11.1 Å². The molecule has 1 aromatic carbocycles. The Morgan fingerprint density at radius 1 is 1.44 bits per heavy atom. The van der Waals surface area contributed by atoms with Gasteiger partial charge in [0.05, 0.1) is 13.5 Å². The number of carbonyl (C=O) groups excluding carboxylic acids is 1. The van der Waals surface area contributed by atoms with Gasteiger partial charge in [0.25, 0.3) is 0 Å². The number of nitrogens with two attached hydrogens (primary N) is 1. The summed E-state index contributed by atoms with van der Waals surface area (Å²) in [6.07, 6.45) is 0.320. The number of hydrogen-bond donors (Lipinski definition) is 1. The van der Waals surface area contributed by atoms with Gasteiger partial charge in [0.2, 0.25) is 0 Å². The molecule has 0 unspecified atom stereocenters. The molecule has 0 heterocycles. The fourth-order valence-corrected chi connectivity index (χ4v) is 1.69. The molecule has 0 saturated heterocycles. The van der Waals surface area contributed by atoms with Gasteiger partial charge in [0.1, 0.15) is 5.82 Å². The second-order valence-corrected chi connectivity index (χ2v) is 4.18. The lowest BCUT2D eigenvalue weighted by Gasteiger charge is -2.18. The van der Waals surface area contributed by atoms with Crippen LogP contribution < -0.4 is 5.73 Å².